The van der Waals surface area contributed by atoms with Crippen LogP contribution >= 0.6 is 0 Å². The molecule has 0 unspecified atom stereocenters. The van der Waals surface area contributed by atoms with Gasteiger partial charge in [-0.25, -0.2) is 0 Å². The van der Waals surface area contributed by atoms with Crippen molar-refractivity contribution < 1.29 is 14.3 Å². The Morgan fingerprint density at radius 3 is 2.74 bits per heavy atom. The fourth-order valence-electron chi connectivity index (χ4n) is 2.44. The summed E-state index contributed by atoms with van der Waals surface area (Å²) in [6.07, 6.45) is 0.463. The summed E-state index contributed by atoms with van der Waals surface area (Å²) in [5.41, 5.74) is 1.13. The largest absolute Gasteiger partial charge is 0.465 e. The third-order valence-corrected chi connectivity index (χ3v) is 3.51. The molecule has 0 spiro atoms. The smallest absolute Gasteiger partial charge is 0.302 e. The maximum Gasteiger partial charge on any atom is 0.302 e. The van der Waals surface area contributed by atoms with Crippen LogP contribution in [0.1, 0.15) is 31.9 Å². The van der Waals surface area contributed by atoms with Crippen molar-refractivity contribution in [2.24, 2.45) is 5.92 Å². The second kappa shape index (κ2) is 5.87. The number of amides is 1. The van der Waals surface area contributed by atoms with Crippen LogP contribution in [-0.2, 0) is 14.3 Å². The zero-order valence-electron chi connectivity index (χ0n) is 11.3. The second-order valence-electron chi connectivity index (χ2n) is 5.01. The number of nitrogens with zero attached hydrogens (tertiary/aromatic N) is 1. The van der Waals surface area contributed by atoms with Crippen molar-refractivity contribution in [2.45, 2.75) is 26.3 Å². The van der Waals surface area contributed by atoms with Crippen LogP contribution in [0.4, 0.5) is 0 Å². The first-order chi connectivity index (χ1) is 9.08. The van der Waals surface area contributed by atoms with E-state index in [4.69, 9.17) is 4.74 Å². The summed E-state index contributed by atoms with van der Waals surface area (Å²) >= 11 is 0. The molecule has 1 amide bonds. The molecule has 1 aromatic carbocycles. The van der Waals surface area contributed by atoms with Gasteiger partial charge in [0.15, 0.2) is 0 Å². The third kappa shape index (κ3) is 3.34. The van der Waals surface area contributed by atoms with Gasteiger partial charge >= 0.3 is 5.97 Å². The van der Waals surface area contributed by atoms with Crippen molar-refractivity contribution in [3.63, 3.8) is 0 Å². The Labute approximate surface area is 113 Å². The molecule has 1 aliphatic heterocycles. The van der Waals surface area contributed by atoms with E-state index in [1.807, 2.05) is 42.2 Å². The summed E-state index contributed by atoms with van der Waals surface area (Å²) in [5, 5.41) is 0. The van der Waals surface area contributed by atoms with E-state index in [-0.39, 0.29) is 23.8 Å². The molecule has 0 aromatic heterocycles. The lowest BCUT2D eigenvalue weighted by Gasteiger charge is -2.25. The van der Waals surface area contributed by atoms with Crippen molar-refractivity contribution in [1.82, 2.24) is 4.90 Å². The maximum absolute atomic E-state index is 12.0. The third-order valence-electron chi connectivity index (χ3n) is 3.51. The maximum atomic E-state index is 12.0. The molecule has 0 aliphatic carbocycles. The van der Waals surface area contributed by atoms with Crippen LogP contribution < -0.4 is 0 Å². The fourth-order valence-corrected chi connectivity index (χ4v) is 2.44. The van der Waals surface area contributed by atoms with Gasteiger partial charge in [0.25, 0.3) is 0 Å². The first-order valence-electron chi connectivity index (χ1n) is 6.55. The predicted molar refractivity (Wildman–Crippen MR) is 71.3 cm³/mol. The van der Waals surface area contributed by atoms with Gasteiger partial charge in [-0.05, 0) is 12.5 Å². The molecule has 4 heteroatoms. The fraction of sp³-hybridized carbons (Fsp3) is 0.467. The molecule has 4 nitrogen and oxygen atoms in total. The molecule has 1 aromatic rings. The summed E-state index contributed by atoms with van der Waals surface area (Å²) in [5.74, 6) is -0.0434. The molecule has 1 saturated heterocycles. The van der Waals surface area contributed by atoms with Gasteiger partial charge in [0.1, 0.15) is 0 Å². The van der Waals surface area contributed by atoms with Gasteiger partial charge in [0.05, 0.1) is 12.6 Å². The highest BCUT2D eigenvalue weighted by atomic mass is 16.5. The van der Waals surface area contributed by atoms with Crippen molar-refractivity contribution in [2.75, 3.05) is 13.2 Å². The first kappa shape index (κ1) is 13.6. The summed E-state index contributed by atoms with van der Waals surface area (Å²) in [7, 11) is 0. The number of carbonyl (C=O) groups excluding carboxylic acids is 2. The molecule has 19 heavy (non-hydrogen) atoms. The van der Waals surface area contributed by atoms with Gasteiger partial charge in [-0.1, -0.05) is 30.3 Å². The molecule has 0 radical (unpaired) electrons. The molecule has 1 heterocycles. The number of esters is 1. The van der Waals surface area contributed by atoms with Crippen molar-refractivity contribution in [3.8, 4) is 0 Å². The number of ether oxygens (including phenoxy) is 1. The van der Waals surface area contributed by atoms with E-state index >= 15 is 0 Å². The quantitative estimate of drug-likeness (QED) is 0.780. The molecule has 2 rings (SSSR count). The Bertz CT molecular complexity index is 458. The molecule has 0 saturated carbocycles. The lowest BCUT2D eigenvalue weighted by atomic mass is 10.1. The number of carbonyl (C=O) groups is 2. The number of rotatable bonds is 4. The number of hydrogen-bond acceptors (Lipinski definition) is 3. The van der Waals surface area contributed by atoms with Gasteiger partial charge in [-0.15, -0.1) is 0 Å². The van der Waals surface area contributed by atoms with Crippen molar-refractivity contribution in [1.29, 1.82) is 0 Å². The Hall–Kier alpha value is -1.84. The van der Waals surface area contributed by atoms with E-state index in [2.05, 4.69) is 0 Å². The van der Waals surface area contributed by atoms with Gasteiger partial charge in [-0.2, -0.15) is 0 Å². The summed E-state index contributed by atoms with van der Waals surface area (Å²) in [4.78, 5) is 24.7. The Kier molecular flexibility index (Phi) is 4.20. The highest BCUT2D eigenvalue weighted by molar-refractivity contribution is 5.79. The highest BCUT2D eigenvalue weighted by Crippen LogP contribution is 2.28. The zero-order valence-corrected chi connectivity index (χ0v) is 11.3. The average molecular weight is 261 g/mol. The molecular formula is C15H19NO3. The van der Waals surface area contributed by atoms with Gasteiger partial charge in [0.2, 0.25) is 5.91 Å². The molecule has 1 aliphatic rings. The zero-order chi connectivity index (χ0) is 13.8. The molecule has 1 fully saturated rings. The highest BCUT2D eigenvalue weighted by Gasteiger charge is 2.33. The Balaban J connectivity index is 1.98. The normalized spacial score (nSPS) is 20.4. The van der Waals surface area contributed by atoms with Crippen LogP contribution in [0.2, 0.25) is 0 Å². The van der Waals surface area contributed by atoms with Crippen molar-refractivity contribution in [3.05, 3.63) is 35.9 Å². The predicted octanol–water partition coefficient (Wildman–Crippen LogP) is 2.16. The molecule has 2 atom stereocenters. The number of hydrogen-bond donors (Lipinski definition) is 0. The molecular weight excluding hydrogens is 242 g/mol. The van der Waals surface area contributed by atoms with E-state index < -0.39 is 0 Å². The minimum atomic E-state index is -0.290. The standard InChI is InChI=1S/C15H19NO3/c1-11(14-6-4-3-5-7-14)16-9-13(8-15(16)18)10-19-12(2)17/h3-7,11,13H,8-10H2,1-2H3/t11-,13+/m0/s1. The van der Waals surface area contributed by atoms with E-state index in [0.29, 0.717) is 19.6 Å². The van der Waals surface area contributed by atoms with Gasteiger partial charge in [0, 0.05) is 25.8 Å². The Morgan fingerprint density at radius 1 is 1.42 bits per heavy atom. The average Bonchev–Trinajstić information content (AvgIpc) is 2.78. The SMILES string of the molecule is CC(=O)OC[C@@H]1CC(=O)N([C@@H](C)c2ccccc2)C1. The van der Waals surface area contributed by atoms with E-state index in [0.717, 1.165) is 5.56 Å². The number of benzene rings is 1. The lowest BCUT2D eigenvalue weighted by Crippen LogP contribution is -2.29. The van der Waals surface area contributed by atoms with Crippen LogP contribution in [0.5, 0.6) is 0 Å². The van der Waals surface area contributed by atoms with Crippen LogP contribution in [-0.4, -0.2) is 29.9 Å². The summed E-state index contributed by atoms with van der Waals surface area (Å²) in [6, 6.07) is 10.0. The molecule has 0 N–H and O–H groups in total. The summed E-state index contributed by atoms with van der Waals surface area (Å²) < 4.78 is 4.99. The van der Waals surface area contributed by atoms with Crippen molar-refractivity contribution >= 4 is 11.9 Å². The van der Waals surface area contributed by atoms with Crippen LogP contribution in [0.15, 0.2) is 30.3 Å². The van der Waals surface area contributed by atoms with Crippen LogP contribution in [0.25, 0.3) is 0 Å². The van der Waals surface area contributed by atoms with Crippen LogP contribution in [0.3, 0.4) is 0 Å². The van der Waals surface area contributed by atoms with E-state index in [1.54, 1.807) is 0 Å². The first-order valence-corrected chi connectivity index (χ1v) is 6.55. The minimum Gasteiger partial charge on any atom is -0.465 e. The molecule has 0 bridgehead atoms. The van der Waals surface area contributed by atoms with E-state index in [1.165, 1.54) is 6.92 Å². The minimum absolute atomic E-state index is 0.0658. The summed E-state index contributed by atoms with van der Waals surface area (Å²) in [6.45, 7) is 4.41. The Morgan fingerprint density at radius 2 is 2.11 bits per heavy atom. The second-order valence-corrected chi connectivity index (χ2v) is 5.01. The topological polar surface area (TPSA) is 46.6 Å². The van der Waals surface area contributed by atoms with Gasteiger partial charge in [-0.3, -0.25) is 9.59 Å². The monoisotopic (exact) mass is 261 g/mol. The van der Waals surface area contributed by atoms with E-state index in [9.17, 15) is 9.59 Å². The van der Waals surface area contributed by atoms with Crippen LogP contribution in [0, 0.1) is 5.92 Å². The van der Waals surface area contributed by atoms with Gasteiger partial charge < -0.3 is 9.64 Å². The lowest BCUT2D eigenvalue weighted by molar-refractivity contribution is -0.142. The number of likely N-dealkylation sites (tertiary alicyclic amines) is 1. The molecule has 102 valence electrons.